The van der Waals surface area contributed by atoms with E-state index in [1.165, 1.54) is 7.11 Å². The van der Waals surface area contributed by atoms with Crippen molar-refractivity contribution in [3.05, 3.63) is 35.4 Å². The van der Waals surface area contributed by atoms with Crippen LogP contribution in [0.4, 0.5) is 0 Å². The molecule has 1 rings (SSSR count). The van der Waals surface area contributed by atoms with Crippen LogP contribution in [0.3, 0.4) is 0 Å². The van der Waals surface area contributed by atoms with Gasteiger partial charge in [0.2, 0.25) is 0 Å². The van der Waals surface area contributed by atoms with E-state index >= 15 is 0 Å². The summed E-state index contributed by atoms with van der Waals surface area (Å²) in [6.45, 7) is 1.97. The molecule has 0 aromatic heterocycles. The second-order valence-electron chi connectivity index (χ2n) is 4.04. The highest BCUT2D eigenvalue weighted by Crippen LogP contribution is 2.26. The first kappa shape index (κ1) is 13.8. The molecule has 3 N–H and O–H groups in total. The summed E-state index contributed by atoms with van der Waals surface area (Å²) in [6.07, 6.45) is 1.35. The summed E-state index contributed by atoms with van der Waals surface area (Å²) >= 11 is 0. The van der Waals surface area contributed by atoms with Gasteiger partial charge >= 0.3 is 0 Å². The van der Waals surface area contributed by atoms with Crippen LogP contribution in [0.2, 0.25) is 0 Å². The van der Waals surface area contributed by atoms with Crippen LogP contribution < -0.4 is 5.73 Å². The Bertz CT molecular complexity index is 363. The zero-order chi connectivity index (χ0) is 12.9. The molecule has 0 saturated carbocycles. The van der Waals surface area contributed by atoms with Gasteiger partial charge in [0.25, 0.3) is 0 Å². The third kappa shape index (κ3) is 2.91. The van der Waals surface area contributed by atoms with Crippen molar-refractivity contribution in [2.24, 2.45) is 5.73 Å². The van der Waals surface area contributed by atoms with Gasteiger partial charge in [0.15, 0.2) is 5.72 Å². The van der Waals surface area contributed by atoms with Crippen molar-refractivity contribution in [3.63, 3.8) is 0 Å². The first-order chi connectivity index (χ1) is 8.08. The van der Waals surface area contributed by atoms with E-state index in [0.717, 1.165) is 12.7 Å². The SMILES string of the molecule is CCC[C@@H](O)[C@](N)(OC)c1ccc(C=O)cc1. The fourth-order valence-corrected chi connectivity index (χ4v) is 1.76. The van der Waals surface area contributed by atoms with Gasteiger partial charge in [0.1, 0.15) is 12.4 Å². The smallest absolute Gasteiger partial charge is 0.168 e. The third-order valence-corrected chi connectivity index (χ3v) is 2.89. The average molecular weight is 237 g/mol. The molecule has 0 unspecified atom stereocenters. The quantitative estimate of drug-likeness (QED) is 0.579. The Morgan fingerprint density at radius 3 is 2.47 bits per heavy atom. The number of carbonyl (C=O) groups is 1. The first-order valence-electron chi connectivity index (χ1n) is 5.66. The highest BCUT2D eigenvalue weighted by Gasteiger charge is 2.35. The molecule has 1 aromatic carbocycles. The summed E-state index contributed by atoms with van der Waals surface area (Å²) in [6, 6.07) is 6.71. The molecular formula is C13H19NO3. The highest BCUT2D eigenvalue weighted by atomic mass is 16.5. The monoisotopic (exact) mass is 237 g/mol. The van der Waals surface area contributed by atoms with E-state index in [4.69, 9.17) is 10.5 Å². The molecule has 0 amide bonds. The Kier molecular flexibility index (Phi) is 4.81. The molecule has 0 bridgehead atoms. The predicted molar refractivity (Wildman–Crippen MR) is 65.6 cm³/mol. The van der Waals surface area contributed by atoms with Crippen LogP contribution in [-0.4, -0.2) is 24.6 Å². The second-order valence-corrected chi connectivity index (χ2v) is 4.04. The van der Waals surface area contributed by atoms with Gasteiger partial charge in [-0.15, -0.1) is 0 Å². The normalized spacial score (nSPS) is 16.2. The van der Waals surface area contributed by atoms with Crippen LogP contribution in [0.1, 0.15) is 35.7 Å². The highest BCUT2D eigenvalue weighted by molar-refractivity contribution is 5.74. The molecule has 1 aromatic rings. The summed E-state index contributed by atoms with van der Waals surface area (Å²) in [7, 11) is 1.46. The lowest BCUT2D eigenvalue weighted by atomic mass is 9.94. The van der Waals surface area contributed by atoms with Gasteiger partial charge < -0.3 is 9.84 Å². The van der Waals surface area contributed by atoms with Crippen molar-refractivity contribution in [3.8, 4) is 0 Å². The minimum Gasteiger partial charge on any atom is -0.388 e. The fraction of sp³-hybridized carbons (Fsp3) is 0.462. The number of aldehydes is 1. The summed E-state index contributed by atoms with van der Waals surface area (Å²) in [5, 5.41) is 10.0. The number of hydrogen-bond donors (Lipinski definition) is 2. The van der Waals surface area contributed by atoms with Crippen LogP contribution in [0.5, 0.6) is 0 Å². The van der Waals surface area contributed by atoms with Crippen molar-refractivity contribution in [1.82, 2.24) is 0 Å². The van der Waals surface area contributed by atoms with Crippen LogP contribution >= 0.6 is 0 Å². The van der Waals surface area contributed by atoms with E-state index in [1.807, 2.05) is 6.92 Å². The van der Waals surface area contributed by atoms with E-state index in [-0.39, 0.29) is 0 Å². The molecule has 0 heterocycles. The molecule has 4 heteroatoms. The molecule has 0 fully saturated rings. The number of benzene rings is 1. The van der Waals surface area contributed by atoms with Gasteiger partial charge in [-0.3, -0.25) is 10.5 Å². The molecule has 4 nitrogen and oxygen atoms in total. The van der Waals surface area contributed by atoms with Gasteiger partial charge in [0.05, 0.1) is 0 Å². The molecule has 0 spiro atoms. The maximum absolute atomic E-state index is 10.6. The Morgan fingerprint density at radius 1 is 1.47 bits per heavy atom. The average Bonchev–Trinajstić information content (AvgIpc) is 2.38. The predicted octanol–water partition coefficient (Wildman–Crippen LogP) is 1.42. The lowest BCUT2D eigenvalue weighted by Gasteiger charge is -2.33. The van der Waals surface area contributed by atoms with Gasteiger partial charge in [-0.2, -0.15) is 0 Å². The van der Waals surface area contributed by atoms with E-state index < -0.39 is 11.8 Å². The summed E-state index contributed by atoms with van der Waals surface area (Å²) in [4.78, 5) is 10.6. The molecule has 17 heavy (non-hydrogen) atoms. The molecule has 0 saturated heterocycles. The largest absolute Gasteiger partial charge is 0.388 e. The molecule has 0 aliphatic heterocycles. The van der Waals surface area contributed by atoms with E-state index in [0.29, 0.717) is 17.5 Å². The number of aliphatic hydroxyl groups excluding tert-OH is 1. The molecule has 0 aliphatic carbocycles. The number of ether oxygens (including phenoxy) is 1. The van der Waals surface area contributed by atoms with Crippen LogP contribution in [0.15, 0.2) is 24.3 Å². The Hall–Kier alpha value is -1.23. The zero-order valence-electron chi connectivity index (χ0n) is 10.2. The number of methoxy groups -OCH3 is 1. The molecular weight excluding hydrogens is 218 g/mol. The van der Waals surface area contributed by atoms with Gasteiger partial charge in [-0.05, 0) is 6.42 Å². The second kappa shape index (κ2) is 5.91. The maximum Gasteiger partial charge on any atom is 0.168 e. The lowest BCUT2D eigenvalue weighted by molar-refractivity contribution is -0.108. The third-order valence-electron chi connectivity index (χ3n) is 2.89. The summed E-state index contributed by atoms with van der Waals surface area (Å²) < 4.78 is 5.25. The summed E-state index contributed by atoms with van der Waals surface area (Å²) in [5.74, 6) is 0. The fourth-order valence-electron chi connectivity index (χ4n) is 1.76. The number of hydrogen-bond acceptors (Lipinski definition) is 4. The first-order valence-corrected chi connectivity index (χ1v) is 5.66. The van der Waals surface area contributed by atoms with Crippen molar-refractivity contribution >= 4 is 6.29 Å². The zero-order valence-corrected chi connectivity index (χ0v) is 10.2. The van der Waals surface area contributed by atoms with E-state index in [9.17, 15) is 9.90 Å². The van der Waals surface area contributed by atoms with Crippen molar-refractivity contribution in [2.45, 2.75) is 31.6 Å². The van der Waals surface area contributed by atoms with Gasteiger partial charge in [-0.25, -0.2) is 0 Å². The molecule has 0 radical (unpaired) electrons. The number of carbonyl (C=O) groups excluding carboxylic acids is 1. The van der Waals surface area contributed by atoms with Gasteiger partial charge in [-0.1, -0.05) is 37.6 Å². The maximum atomic E-state index is 10.6. The number of rotatable bonds is 6. The van der Waals surface area contributed by atoms with Crippen LogP contribution in [-0.2, 0) is 10.5 Å². The van der Waals surface area contributed by atoms with Crippen LogP contribution in [0.25, 0.3) is 0 Å². The van der Waals surface area contributed by atoms with Crippen molar-refractivity contribution in [2.75, 3.05) is 7.11 Å². The Labute approximate surface area is 101 Å². The lowest BCUT2D eigenvalue weighted by Crippen LogP contribution is -2.49. The van der Waals surface area contributed by atoms with E-state index in [2.05, 4.69) is 0 Å². The van der Waals surface area contributed by atoms with Crippen molar-refractivity contribution < 1.29 is 14.6 Å². The standard InChI is InChI=1S/C13H19NO3/c1-3-4-12(16)13(14,17-2)11-7-5-10(9-15)6-8-11/h5-9,12,16H,3-4,14H2,1-2H3/t12-,13-/m1/s1. The summed E-state index contributed by atoms with van der Waals surface area (Å²) in [5.41, 5.74) is 6.08. The van der Waals surface area contributed by atoms with E-state index in [1.54, 1.807) is 24.3 Å². The Balaban J connectivity index is 3.02. The minimum atomic E-state index is -1.22. The molecule has 0 aliphatic rings. The molecule has 94 valence electrons. The van der Waals surface area contributed by atoms with Gasteiger partial charge in [0, 0.05) is 18.2 Å². The van der Waals surface area contributed by atoms with Crippen molar-refractivity contribution in [1.29, 1.82) is 0 Å². The molecule has 2 atom stereocenters. The topological polar surface area (TPSA) is 72.6 Å². The Morgan fingerprint density at radius 2 is 2.06 bits per heavy atom. The van der Waals surface area contributed by atoms with Crippen LogP contribution in [0, 0.1) is 0 Å². The number of aliphatic hydroxyl groups is 1. The minimum absolute atomic E-state index is 0.555. The number of nitrogens with two attached hydrogens (primary N) is 1.